The summed E-state index contributed by atoms with van der Waals surface area (Å²) in [4.78, 5) is 30.5. The molecule has 192 valence electrons. The van der Waals surface area contributed by atoms with Gasteiger partial charge < -0.3 is 20.1 Å². The van der Waals surface area contributed by atoms with Crippen LogP contribution in [0.25, 0.3) is 0 Å². The predicted octanol–water partition coefficient (Wildman–Crippen LogP) is 4.72. The molecule has 8 heteroatoms. The summed E-state index contributed by atoms with van der Waals surface area (Å²) in [5.41, 5.74) is 1.97. The first-order valence-electron chi connectivity index (χ1n) is 10.7. The molecule has 0 aromatic carbocycles. The highest BCUT2D eigenvalue weighted by molar-refractivity contribution is 5.89. The standard InChI is InChI=1S/C14H21NO3.C10H13NO3.2CH4/c1-14(2,3)18-13(17)11-7-8-12(15-10-11)6-4-5-9-16;12-6-2-1-3-9-5-4-8(7-11-9)10(13)14;;/h7-8,10,16H,4-6,9H2,1-3H3;4-5,7,12H,1-3,6H2,(H,13,14);2*1H4. The number of esters is 1. The molecule has 0 radical (unpaired) electrons. The molecule has 0 spiro atoms. The van der Waals surface area contributed by atoms with Gasteiger partial charge in [-0.1, -0.05) is 14.9 Å². The van der Waals surface area contributed by atoms with Crippen molar-refractivity contribution in [3.05, 3.63) is 59.2 Å². The number of rotatable bonds is 10. The molecule has 34 heavy (non-hydrogen) atoms. The van der Waals surface area contributed by atoms with Crippen LogP contribution in [0.15, 0.2) is 36.7 Å². The van der Waals surface area contributed by atoms with Crippen molar-refractivity contribution in [1.82, 2.24) is 9.97 Å². The molecule has 0 fully saturated rings. The Morgan fingerprint density at radius 2 is 1.24 bits per heavy atom. The van der Waals surface area contributed by atoms with Gasteiger partial charge in [-0.05, 0) is 83.6 Å². The number of aliphatic hydroxyl groups is 2. The summed E-state index contributed by atoms with van der Waals surface area (Å²) in [6, 6.07) is 6.82. The van der Waals surface area contributed by atoms with E-state index in [1.165, 1.54) is 6.20 Å². The van der Waals surface area contributed by atoms with Gasteiger partial charge in [0.2, 0.25) is 0 Å². The Kier molecular flexibility index (Phi) is 17.3. The molecule has 0 amide bonds. The molecule has 0 aliphatic rings. The number of pyridine rings is 2. The number of carbonyl (C=O) groups is 2. The topological polar surface area (TPSA) is 130 Å². The third-order valence-electron chi connectivity index (χ3n) is 4.21. The van der Waals surface area contributed by atoms with E-state index in [1.807, 2.05) is 26.8 Å². The van der Waals surface area contributed by atoms with E-state index in [0.717, 1.165) is 49.9 Å². The molecule has 0 aliphatic heterocycles. The lowest BCUT2D eigenvalue weighted by atomic mass is 10.1. The van der Waals surface area contributed by atoms with Crippen molar-refractivity contribution in [3.63, 3.8) is 0 Å². The maximum atomic E-state index is 11.7. The van der Waals surface area contributed by atoms with Gasteiger partial charge in [0.25, 0.3) is 0 Å². The molecule has 2 aromatic heterocycles. The summed E-state index contributed by atoms with van der Waals surface area (Å²) >= 11 is 0. The number of carboxylic acid groups (broad SMARTS) is 1. The number of ether oxygens (including phenoxy) is 1. The Labute approximate surface area is 204 Å². The number of hydrogen-bond donors (Lipinski definition) is 3. The molecule has 2 aromatic rings. The Morgan fingerprint density at radius 1 is 0.794 bits per heavy atom. The molecule has 0 aliphatic carbocycles. The van der Waals surface area contributed by atoms with Crippen LogP contribution in [0.5, 0.6) is 0 Å². The highest BCUT2D eigenvalue weighted by atomic mass is 16.6. The van der Waals surface area contributed by atoms with E-state index in [1.54, 1.807) is 24.4 Å². The fourth-order valence-electron chi connectivity index (χ4n) is 2.56. The molecular formula is C26H42N2O6. The van der Waals surface area contributed by atoms with E-state index in [-0.39, 0.29) is 39.6 Å². The third-order valence-corrected chi connectivity index (χ3v) is 4.21. The van der Waals surface area contributed by atoms with Crippen molar-refractivity contribution in [3.8, 4) is 0 Å². The van der Waals surface area contributed by atoms with Crippen LogP contribution in [0, 0.1) is 0 Å². The number of carboxylic acids is 1. The lowest BCUT2D eigenvalue weighted by Crippen LogP contribution is -2.24. The number of hydrogen-bond acceptors (Lipinski definition) is 7. The van der Waals surface area contributed by atoms with E-state index in [2.05, 4.69) is 9.97 Å². The van der Waals surface area contributed by atoms with E-state index in [0.29, 0.717) is 5.56 Å². The number of nitrogens with zero attached hydrogens (tertiary/aromatic N) is 2. The second-order valence-electron chi connectivity index (χ2n) is 8.24. The zero-order chi connectivity index (χ0) is 24.0. The molecule has 8 nitrogen and oxygen atoms in total. The Balaban J connectivity index is 0. The van der Waals surface area contributed by atoms with Crippen LogP contribution in [0.2, 0.25) is 0 Å². The minimum Gasteiger partial charge on any atom is -0.478 e. The Morgan fingerprint density at radius 3 is 1.56 bits per heavy atom. The molecule has 0 unspecified atom stereocenters. The highest BCUT2D eigenvalue weighted by Gasteiger charge is 2.17. The normalized spacial score (nSPS) is 10.1. The summed E-state index contributed by atoms with van der Waals surface area (Å²) in [6.07, 6.45) is 7.79. The summed E-state index contributed by atoms with van der Waals surface area (Å²) in [6.45, 7) is 5.90. The smallest absolute Gasteiger partial charge is 0.340 e. The van der Waals surface area contributed by atoms with Crippen molar-refractivity contribution in [2.45, 2.75) is 79.8 Å². The average Bonchev–Trinajstić information content (AvgIpc) is 2.74. The Hall–Kier alpha value is -2.84. The molecule has 3 N–H and O–H groups in total. The molecule has 2 heterocycles. The predicted molar refractivity (Wildman–Crippen MR) is 134 cm³/mol. The quantitative estimate of drug-likeness (QED) is 0.330. The van der Waals surface area contributed by atoms with Gasteiger partial charge in [-0.25, -0.2) is 9.59 Å². The minimum atomic E-state index is -0.959. The first-order chi connectivity index (χ1) is 15.2. The SMILES string of the molecule is C.C.CC(C)(C)OC(=O)c1ccc(CCCCO)nc1.O=C(O)c1ccc(CCCCO)nc1. The van der Waals surface area contributed by atoms with Gasteiger partial charge in [-0.2, -0.15) is 0 Å². The lowest BCUT2D eigenvalue weighted by molar-refractivity contribution is 0.00688. The van der Waals surface area contributed by atoms with Gasteiger partial charge in [-0.3, -0.25) is 9.97 Å². The maximum absolute atomic E-state index is 11.7. The first kappa shape index (κ1) is 33.3. The van der Waals surface area contributed by atoms with Crippen LogP contribution in [-0.4, -0.2) is 56.0 Å². The van der Waals surface area contributed by atoms with E-state index in [9.17, 15) is 9.59 Å². The van der Waals surface area contributed by atoms with E-state index < -0.39 is 11.6 Å². The Bertz CT molecular complexity index is 815. The zero-order valence-electron chi connectivity index (χ0n) is 19.1. The molecule has 0 atom stereocenters. The van der Waals surface area contributed by atoms with Crippen LogP contribution in [0.4, 0.5) is 0 Å². The summed E-state index contributed by atoms with van der Waals surface area (Å²) < 4.78 is 5.25. The number of carbonyl (C=O) groups excluding carboxylic acids is 1. The number of unbranched alkanes of at least 4 members (excludes halogenated alkanes) is 2. The number of aryl methyl sites for hydroxylation is 2. The zero-order valence-corrected chi connectivity index (χ0v) is 19.1. The van der Waals surface area contributed by atoms with Crippen LogP contribution < -0.4 is 0 Å². The number of aromatic nitrogens is 2. The second kappa shape index (κ2) is 17.6. The van der Waals surface area contributed by atoms with E-state index >= 15 is 0 Å². The average molecular weight is 479 g/mol. The first-order valence-corrected chi connectivity index (χ1v) is 10.7. The fourth-order valence-corrected chi connectivity index (χ4v) is 2.56. The van der Waals surface area contributed by atoms with Gasteiger partial charge in [0.05, 0.1) is 11.1 Å². The van der Waals surface area contributed by atoms with Crippen molar-refractivity contribution in [2.75, 3.05) is 13.2 Å². The molecule has 0 saturated carbocycles. The van der Waals surface area contributed by atoms with Gasteiger partial charge in [0.1, 0.15) is 5.60 Å². The van der Waals surface area contributed by atoms with Gasteiger partial charge in [-0.15, -0.1) is 0 Å². The van der Waals surface area contributed by atoms with Gasteiger partial charge in [0.15, 0.2) is 0 Å². The van der Waals surface area contributed by atoms with Gasteiger partial charge in [0, 0.05) is 37.0 Å². The third kappa shape index (κ3) is 14.3. The fraction of sp³-hybridized carbons (Fsp3) is 0.538. The van der Waals surface area contributed by atoms with Gasteiger partial charge >= 0.3 is 11.9 Å². The summed E-state index contributed by atoms with van der Waals surface area (Å²) in [5.74, 6) is -1.31. The van der Waals surface area contributed by atoms with Crippen LogP contribution >= 0.6 is 0 Å². The van der Waals surface area contributed by atoms with Crippen molar-refractivity contribution < 1.29 is 29.6 Å². The van der Waals surface area contributed by atoms with E-state index in [4.69, 9.17) is 20.1 Å². The largest absolute Gasteiger partial charge is 0.478 e. The molecule has 2 rings (SSSR count). The van der Waals surface area contributed by atoms with Crippen LogP contribution in [0.1, 0.15) is 93.4 Å². The second-order valence-corrected chi connectivity index (χ2v) is 8.24. The monoisotopic (exact) mass is 478 g/mol. The highest BCUT2D eigenvalue weighted by Crippen LogP contribution is 2.12. The maximum Gasteiger partial charge on any atom is 0.340 e. The molecular weight excluding hydrogens is 436 g/mol. The summed E-state index contributed by atoms with van der Waals surface area (Å²) in [7, 11) is 0. The van der Waals surface area contributed by atoms with Crippen molar-refractivity contribution in [1.29, 1.82) is 0 Å². The van der Waals surface area contributed by atoms with Crippen molar-refractivity contribution >= 4 is 11.9 Å². The molecule has 0 saturated heterocycles. The van der Waals surface area contributed by atoms with Crippen LogP contribution in [-0.2, 0) is 17.6 Å². The lowest BCUT2D eigenvalue weighted by Gasteiger charge is -2.19. The summed E-state index contributed by atoms with van der Waals surface area (Å²) in [5, 5.41) is 25.9. The number of aliphatic hydroxyl groups excluding tert-OH is 2. The number of aromatic carboxylic acids is 1. The van der Waals surface area contributed by atoms with Crippen molar-refractivity contribution in [2.24, 2.45) is 0 Å². The minimum absolute atomic E-state index is 0. The van der Waals surface area contributed by atoms with Crippen LogP contribution in [0.3, 0.4) is 0 Å². The molecule has 0 bridgehead atoms.